The summed E-state index contributed by atoms with van der Waals surface area (Å²) < 4.78 is 21.3. The van der Waals surface area contributed by atoms with Crippen LogP contribution < -0.4 is 10.5 Å². The van der Waals surface area contributed by atoms with Crippen molar-refractivity contribution in [1.82, 2.24) is 5.32 Å². The lowest BCUT2D eigenvalue weighted by atomic mass is 10.1. The van der Waals surface area contributed by atoms with Crippen molar-refractivity contribution in [3.8, 4) is 0 Å². The summed E-state index contributed by atoms with van der Waals surface area (Å²) >= 11 is 0. The number of rotatable bonds is 7. The van der Waals surface area contributed by atoms with Gasteiger partial charge in [-0.1, -0.05) is 30.3 Å². The van der Waals surface area contributed by atoms with Crippen LogP contribution in [0.5, 0.6) is 0 Å². The van der Waals surface area contributed by atoms with Gasteiger partial charge in [0, 0.05) is 13.0 Å². The lowest BCUT2D eigenvalue weighted by Gasteiger charge is -2.04. The van der Waals surface area contributed by atoms with Crippen LogP contribution in [0.25, 0.3) is 0 Å². The summed E-state index contributed by atoms with van der Waals surface area (Å²) in [7, 11) is -3.43. The molecular formula is C12H18N2O3S. The first-order valence-electron chi connectivity index (χ1n) is 5.78. The van der Waals surface area contributed by atoms with E-state index in [2.05, 4.69) is 5.32 Å². The third kappa shape index (κ3) is 7.03. The number of aryl methyl sites for hydroxylation is 1. The summed E-state index contributed by atoms with van der Waals surface area (Å²) in [4.78, 5) is 11.4. The smallest absolute Gasteiger partial charge is 0.220 e. The highest BCUT2D eigenvalue weighted by Gasteiger charge is 2.04. The Morgan fingerprint density at radius 1 is 1.22 bits per heavy atom. The van der Waals surface area contributed by atoms with Gasteiger partial charge in [-0.3, -0.25) is 4.79 Å². The Bertz CT molecular complexity index is 471. The zero-order chi connectivity index (χ0) is 13.4. The van der Waals surface area contributed by atoms with Gasteiger partial charge < -0.3 is 5.32 Å². The molecule has 0 fully saturated rings. The molecule has 0 saturated carbocycles. The highest BCUT2D eigenvalue weighted by Crippen LogP contribution is 2.01. The van der Waals surface area contributed by atoms with Crippen LogP contribution in [-0.2, 0) is 21.2 Å². The van der Waals surface area contributed by atoms with Gasteiger partial charge in [0.05, 0.1) is 5.75 Å². The van der Waals surface area contributed by atoms with Gasteiger partial charge >= 0.3 is 0 Å². The van der Waals surface area contributed by atoms with Crippen molar-refractivity contribution in [3.05, 3.63) is 35.9 Å². The molecule has 0 bridgehead atoms. The zero-order valence-corrected chi connectivity index (χ0v) is 10.9. The third-order valence-electron chi connectivity index (χ3n) is 2.41. The molecule has 0 saturated heterocycles. The number of sulfonamides is 1. The van der Waals surface area contributed by atoms with Crippen molar-refractivity contribution in [2.45, 2.75) is 19.3 Å². The number of hydrogen-bond donors (Lipinski definition) is 2. The molecule has 5 nitrogen and oxygen atoms in total. The Hall–Kier alpha value is -1.40. The van der Waals surface area contributed by atoms with Crippen LogP contribution in [0.1, 0.15) is 18.4 Å². The molecule has 0 aliphatic heterocycles. The number of amides is 1. The second kappa shape index (κ2) is 7.13. The lowest BCUT2D eigenvalue weighted by Crippen LogP contribution is -2.27. The molecule has 1 aromatic carbocycles. The molecule has 1 rings (SSSR count). The number of hydrogen-bond acceptors (Lipinski definition) is 3. The van der Waals surface area contributed by atoms with Crippen molar-refractivity contribution in [2.24, 2.45) is 5.14 Å². The van der Waals surface area contributed by atoms with Gasteiger partial charge in [0.15, 0.2) is 0 Å². The normalized spacial score (nSPS) is 11.2. The van der Waals surface area contributed by atoms with Gasteiger partial charge in [0.2, 0.25) is 15.9 Å². The summed E-state index contributed by atoms with van der Waals surface area (Å²) in [5.41, 5.74) is 1.11. The molecule has 1 amide bonds. The van der Waals surface area contributed by atoms with E-state index in [1.807, 2.05) is 30.3 Å². The minimum atomic E-state index is -3.43. The van der Waals surface area contributed by atoms with Crippen molar-refractivity contribution < 1.29 is 13.2 Å². The Morgan fingerprint density at radius 2 is 1.89 bits per heavy atom. The second-order valence-corrected chi connectivity index (χ2v) is 5.79. The summed E-state index contributed by atoms with van der Waals surface area (Å²) in [6, 6.07) is 9.72. The summed E-state index contributed by atoms with van der Waals surface area (Å²) in [6.07, 6.45) is 1.43. The zero-order valence-electron chi connectivity index (χ0n) is 10.1. The van der Waals surface area contributed by atoms with E-state index in [9.17, 15) is 13.2 Å². The maximum absolute atomic E-state index is 11.4. The molecule has 1 aromatic rings. The molecule has 0 unspecified atom stereocenters. The number of primary sulfonamides is 1. The van der Waals surface area contributed by atoms with Crippen molar-refractivity contribution in [2.75, 3.05) is 12.3 Å². The van der Waals surface area contributed by atoms with Crippen LogP contribution in [0.2, 0.25) is 0 Å². The van der Waals surface area contributed by atoms with Crippen LogP contribution in [0.3, 0.4) is 0 Å². The van der Waals surface area contributed by atoms with E-state index in [1.165, 1.54) is 0 Å². The molecule has 0 atom stereocenters. The van der Waals surface area contributed by atoms with Crippen LogP contribution in [0.15, 0.2) is 30.3 Å². The third-order valence-corrected chi connectivity index (χ3v) is 3.27. The van der Waals surface area contributed by atoms with E-state index >= 15 is 0 Å². The minimum absolute atomic E-state index is 0.0757. The van der Waals surface area contributed by atoms with Crippen molar-refractivity contribution in [3.63, 3.8) is 0 Å². The number of benzene rings is 1. The van der Waals surface area contributed by atoms with E-state index < -0.39 is 10.0 Å². The number of nitrogens with two attached hydrogens (primary N) is 1. The topological polar surface area (TPSA) is 89.3 Å². The van der Waals surface area contributed by atoms with Gasteiger partial charge in [0.1, 0.15) is 0 Å². The Morgan fingerprint density at radius 3 is 2.50 bits per heavy atom. The summed E-state index contributed by atoms with van der Waals surface area (Å²) in [5.74, 6) is -0.181. The first-order valence-corrected chi connectivity index (χ1v) is 7.50. The monoisotopic (exact) mass is 270 g/mol. The van der Waals surface area contributed by atoms with Crippen LogP contribution in [0.4, 0.5) is 0 Å². The van der Waals surface area contributed by atoms with E-state index in [4.69, 9.17) is 5.14 Å². The average Bonchev–Trinajstić information content (AvgIpc) is 2.32. The molecule has 0 heterocycles. The SMILES string of the molecule is NS(=O)(=O)CCCNC(=O)CCc1ccccc1. The Balaban J connectivity index is 2.15. The number of carbonyl (C=O) groups is 1. The van der Waals surface area contributed by atoms with Crippen LogP contribution in [0, 0.1) is 0 Å². The first-order chi connectivity index (χ1) is 8.47. The van der Waals surface area contributed by atoms with E-state index in [-0.39, 0.29) is 11.7 Å². The van der Waals surface area contributed by atoms with Crippen molar-refractivity contribution in [1.29, 1.82) is 0 Å². The van der Waals surface area contributed by atoms with Crippen molar-refractivity contribution >= 4 is 15.9 Å². The number of nitrogens with one attached hydrogen (secondary N) is 1. The highest BCUT2D eigenvalue weighted by molar-refractivity contribution is 7.89. The largest absolute Gasteiger partial charge is 0.356 e. The molecule has 3 N–H and O–H groups in total. The molecule has 18 heavy (non-hydrogen) atoms. The molecule has 100 valence electrons. The average molecular weight is 270 g/mol. The molecular weight excluding hydrogens is 252 g/mol. The highest BCUT2D eigenvalue weighted by atomic mass is 32.2. The Labute approximate surface area is 107 Å². The minimum Gasteiger partial charge on any atom is -0.356 e. The van der Waals surface area contributed by atoms with Gasteiger partial charge in [-0.15, -0.1) is 0 Å². The van der Waals surface area contributed by atoms with Crippen LogP contribution >= 0.6 is 0 Å². The maximum atomic E-state index is 11.4. The van der Waals surface area contributed by atoms with Gasteiger partial charge in [-0.2, -0.15) is 0 Å². The lowest BCUT2D eigenvalue weighted by molar-refractivity contribution is -0.121. The van der Waals surface area contributed by atoms with Crippen LogP contribution in [-0.4, -0.2) is 26.6 Å². The first kappa shape index (κ1) is 14.7. The molecule has 0 spiro atoms. The predicted octanol–water partition coefficient (Wildman–Crippen LogP) is 0.414. The molecule has 0 radical (unpaired) electrons. The fourth-order valence-electron chi connectivity index (χ4n) is 1.49. The molecule has 0 aliphatic carbocycles. The van der Waals surface area contributed by atoms with E-state index in [1.54, 1.807) is 0 Å². The van der Waals surface area contributed by atoms with Gasteiger partial charge in [-0.25, -0.2) is 13.6 Å². The number of carbonyl (C=O) groups excluding carboxylic acids is 1. The standard InChI is InChI=1S/C12H18N2O3S/c13-18(16,17)10-4-9-14-12(15)8-7-11-5-2-1-3-6-11/h1-3,5-6H,4,7-10H2,(H,14,15)(H2,13,16,17). The van der Waals surface area contributed by atoms with E-state index in [0.29, 0.717) is 25.8 Å². The van der Waals surface area contributed by atoms with Gasteiger partial charge in [-0.05, 0) is 18.4 Å². The predicted molar refractivity (Wildman–Crippen MR) is 70.4 cm³/mol. The summed E-state index contributed by atoms with van der Waals surface area (Å²) in [5, 5.41) is 7.51. The quantitative estimate of drug-likeness (QED) is 0.703. The second-order valence-electron chi connectivity index (χ2n) is 4.06. The van der Waals surface area contributed by atoms with E-state index in [0.717, 1.165) is 5.56 Å². The molecule has 0 aliphatic rings. The fraction of sp³-hybridized carbons (Fsp3) is 0.417. The van der Waals surface area contributed by atoms with Gasteiger partial charge in [0.25, 0.3) is 0 Å². The fourth-order valence-corrected chi connectivity index (χ4v) is 2.04. The molecule has 0 aromatic heterocycles. The summed E-state index contributed by atoms with van der Waals surface area (Å²) in [6.45, 7) is 0.337. The molecule has 6 heteroatoms. The maximum Gasteiger partial charge on any atom is 0.220 e. The Kier molecular flexibility index (Phi) is 5.80.